The summed E-state index contributed by atoms with van der Waals surface area (Å²) in [6, 6.07) is -1.53. The fraction of sp³-hybridized carbons (Fsp3) is 0.667. The minimum atomic E-state index is -2.35. The van der Waals surface area contributed by atoms with Gasteiger partial charge in [-0.05, 0) is 13.3 Å². The summed E-state index contributed by atoms with van der Waals surface area (Å²) in [6.45, 7) is 1.53. The van der Waals surface area contributed by atoms with Crippen LogP contribution in [0.5, 0.6) is 0 Å². The molecule has 96 valence electrons. The van der Waals surface area contributed by atoms with Gasteiger partial charge >= 0.3 is 6.03 Å². The highest BCUT2D eigenvalue weighted by atomic mass is 32.2. The number of carbonyl (C=O) groups excluding carboxylic acids is 3. The number of alkyl halides is 1. The van der Waals surface area contributed by atoms with E-state index in [-0.39, 0.29) is 0 Å². The van der Waals surface area contributed by atoms with Gasteiger partial charge in [0.15, 0.2) is 0 Å². The Bertz CT molecular complexity index is 387. The molecule has 0 aromatic heterocycles. The number of rotatable bonds is 4. The molecule has 0 aliphatic carbocycles. The molecule has 0 spiro atoms. The zero-order valence-corrected chi connectivity index (χ0v) is 10.3. The van der Waals surface area contributed by atoms with Crippen LogP contribution in [0, 0.1) is 0 Å². The van der Waals surface area contributed by atoms with Gasteiger partial charge in [0.05, 0.1) is 0 Å². The van der Waals surface area contributed by atoms with Gasteiger partial charge in [0.2, 0.25) is 0 Å². The van der Waals surface area contributed by atoms with E-state index >= 15 is 0 Å². The standard InChI is InChI=1S/C9H13FN2O4S/c1-5(3-4-17(2)16)12-8(14)6(10)7(13)11-9(12)15/h5-6H,3-4H2,1-2H3,(H,11,13,15). The summed E-state index contributed by atoms with van der Waals surface area (Å²) in [5.74, 6) is -2.10. The number of nitrogens with one attached hydrogen (secondary N) is 1. The largest absolute Gasteiger partial charge is 0.331 e. The fourth-order valence-electron chi connectivity index (χ4n) is 1.45. The van der Waals surface area contributed by atoms with Crippen LogP contribution >= 0.6 is 0 Å². The van der Waals surface area contributed by atoms with E-state index in [1.54, 1.807) is 5.32 Å². The molecule has 1 saturated heterocycles. The quantitative estimate of drug-likeness (QED) is 0.698. The summed E-state index contributed by atoms with van der Waals surface area (Å²) in [5, 5.41) is 1.75. The average molecular weight is 264 g/mol. The molecule has 0 aromatic rings. The Morgan fingerprint density at radius 1 is 1.47 bits per heavy atom. The van der Waals surface area contributed by atoms with Gasteiger partial charge in [-0.25, -0.2) is 9.18 Å². The Hall–Kier alpha value is -1.31. The van der Waals surface area contributed by atoms with Gasteiger partial charge < -0.3 is 0 Å². The first kappa shape index (κ1) is 13.8. The maximum absolute atomic E-state index is 13.1. The number of amides is 4. The topological polar surface area (TPSA) is 83.6 Å². The number of halogens is 1. The SMILES string of the molecule is CC(CCS(C)=O)N1C(=O)NC(=O)C(F)C1=O. The second kappa shape index (κ2) is 5.35. The molecule has 3 unspecified atom stereocenters. The van der Waals surface area contributed by atoms with Gasteiger partial charge in [-0.3, -0.25) is 24.0 Å². The van der Waals surface area contributed by atoms with E-state index in [1.165, 1.54) is 13.2 Å². The number of hydrogen-bond donors (Lipinski definition) is 1. The van der Waals surface area contributed by atoms with Crippen LogP contribution in [-0.2, 0) is 20.4 Å². The molecule has 1 heterocycles. The second-order valence-corrected chi connectivity index (χ2v) is 5.33. The Kier molecular flexibility index (Phi) is 4.33. The number of carbonyl (C=O) groups is 3. The van der Waals surface area contributed by atoms with Gasteiger partial charge in [-0.2, -0.15) is 0 Å². The van der Waals surface area contributed by atoms with Crippen molar-refractivity contribution in [3.8, 4) is 0 Å². The Balaban J connectivity index is 2.74. The number of imide groups is 2. The van der Waals surface area contributed by atoms with Gasteiger partial charge in [0.1, 0.15) is 0 Å². The molecule has 17 heavy (non-hydrogen) atoms. The van der Waals surface area contributed by atoms with Crippen molar-refractivity contribution in [2.24, 2.45) is 0 Å². The van der Waals surface area contributed by atoms with E-state index in [0.29, 0.717) is 17.1 Å². The third-order valence-corrected chi connectivity index (χ3v) is 3.21. The Labute approximate surface area is 100.0 Å². The first-order valence-corrected chi connectivity index (χ1v) is 6.69. The van der Waals surface area contributed by atoms with Crippen molar-refractivity contribution in [3.05, 3.63) is 0 Å². The number of urea groups is 1. The van der Waals surface area contributed by atoms with Gasteiger partial charge in [0.25, 0.3) is 18.0 Å². The van der Waals surface area contributed by atoms with Gasteiger partial charge in [0, 0.05) is 28.9 Å². The monoisotopic (exact) mass is 264 g/mol. The third kappa shape index (κ3) is 3.09. The molecule has 8 heteroatoms. The molecule has 6 nitrogen and oxygen atoms in total. The van der Waals surface area contributed by atoms with E-state index in [1.807, 2.05) is 0 Å². The summed E-state index contributed by atoms with van der Waals surface area (Å²) in [4.78, 5) is 34.3. The molecule has 1 aliphatic rings. The van der Waals surface area contributed by atoms with Crippen molar-refractivity contribution >= 4 is 28.6 Å². The van der Waals surface area contributed by atoms with E-state index in [4.69, 9.17) is 0 Å². The summed E-state index contributed by atoms with van der Waals surface area (Å²) in [5.41, 5.74) is 0. The normalized spacial score (nSPS) is 24.5. The van der Waals surface area contributed by atoms with E-state index in [9.17, 15) is 23.0 Å². The van der Waals surface area contributed by atoms with Crippen LogP contribution in [0.1, 0.15) is 13.3 Å². The van der Waals surface area contributed by atoms with Crippen LogP contribution in [0.2, 0.25) is 0 Å². The summed E-state index contributed by atoms with van der Waals surface area (Å²) in [7, 11) is -1.06. The zero-order valence-electron chi connectivity index (χ0n) is 9.44. The number of barbiturate groups is 1. The molecular weight excluding hydrogens is 251 g/mol. The van der Waals surface area contributed by atoms with Crippen molar-refractivity contribution in [1.82, 2.24) is 10.2 Å². The van der Waals surface area contributed by atoms with Crippen LogP contribution in [0.25, 0.3) is 0 Å². The van der Waals surface area contributed by atoms with Crippen molar-refractivity contribution < 1.29 is 23.0 Å². The smallest absolute Gasteiger partial charge is 0.275 e. The summed E-state index contributed by atoms with van der Waals surface area (Å²) < 4.78 is 24.0. The van der Waals surface area contributed by atoms with Crippen LogP contribution < -0.4 is 5.32 Å². The summed E-state index contributed by atoms with van der Waals surface area (Å²) in [6.07, 6.45) is -0.558. The molecule has 0 radical (unpaired) electrons. The maximum atomic E-state index is 13.1. The molecule has 1 rings (SSSR count). The minimum Gasteiger partial charge on any atom is -0.275 e. The fourth-order valence-corrected chi connectivity index (χ4v) is 2.12. The molecule has 1 aliphatic heterocycles. The van der Waals surface area contributed by atoms with E-state index < -0.39 is 40.9 Å². The van der Waals surface area contributed by atoms with Crippen molar-refractivity contribution in [3.63, 3.8) is 0 Å². The number of nitrogens with zero attached hydrogens (tertiary/aromatic N) is 1. The van der Waals surface area contributed by atoms with Crippen LogP contribution in [0.3, 0.4) is 0 Å². The highest BCUT2D eigenvalue weighted by Crippen LogP contribution is 2.13. The molecule has 1 N–H and O–H groups in total. The average Bonchev–Trinajstić information content (AvgIpc) is 2.23. The lowest BCUT2D eigenvalue weighted by molar-refractivity contribution is -0.145. The van der Waals surface area contributed by atoms with Crippen LogP contribution in [0.4, 0.5) is 9.18 Å². The van der Waals surface area contributed by atoms with Crippen molar-refractivity contribution in [2.75, 3.05) is 12.0 Å². The molecular formula is C9H13FN2O4S. The van der Waals surface area contributed by atoms with Gasteiger partial charge in [-0.1, -0.05) is 0 Å². The maximum Gasteiger partial charge on any atom is 0.331 e. The first-order valence-electron chi connectivity index (χ1n) is 4.96. The van der Waals surface area contributed by atoms with Crippen molar-refractivity contribution in [1.29, 1.82) is 0 Å². The number of hydrogen-bond acceptors (Lipinski definition) is 4. The second-order valence-electron chi connectivity index (χ2n) is 3.78. The third-order valence-electron chi connectivity index (χ3n) is 2.40. The molecule has 1 fully saturated rings. The molecule has 0 bridgehead atoms. The van der Waals surface area contributed by atoms with Gasteiger partial charge in [-0.15, -0.1) is 0 Å². The molecule has 0 aromatic carbocycles. The van der Waals surface area contributed by atoms with Crippen molar-refractivity contribution in [2.45, 2.75) is 25.6 Å². The summed E-state index contributed by atoms with van der Waals surface area (Å²) >= 11 is 0. The predicted molar refractivity (Wildman–Crippen MR) is 58.3 cm³/mol. The molecule has 3 atom stereocenters. The minimum absolute atomic E-state index is 0.295. The molecule has 4 amide bonds. The predicted octanol–water partition coefficient (Wildman–Crippen LogP) is -0.440. The van der Waals surface area contributed by atoms with E-state index in [2.05, 4.69) is 0 Å². The zero-order chi connectivity index (χ0) is 13.2. The van der Waals surface area contributed by atoms with Crippen LogP contribution in [-0.4, -0.2) is 51.2 Å². The lowest BCUT2D eigenvalue weighted by Gasteiger charge is -2.31. The Morgan fingerprint density at radius 3 is 2.59 bits per heavy atom. The van der Waals surface area contributed by atoms with E-state index in [0.717, 1.165) is 0 Å². The Morgan fingerprint density at radius 2 is 2.06 bits per heavy atom. The lowest BCUT2D eigenvalue weighted by atomic mass is 10.1. The molecule has 0 saturated carbocycles. The van der Waals surface area contributed by atoms with Crippen LogP contribution in [0.15, 0.2) is 0 Å². The highest BCUT2D eigenvalue weighted by molar-refractivity contribution is 7.84. The lowest BCUT2D eigenvalue weighted by Crippen LogP contribution is -2.61. The highest BCUT2D eigenvalue weighted by Gasteiger charge is 2.42. The first-order chi connectivity index (χ1) is 7.84.